The predicted molar refractivity (Wildman–Crippen MR) is 75.4 cm³/mol. The van der Waals surface area contributed by atoms with Crippen molar-refractivity contribution < 1.29 is 9.84 Å². The Bertz CT molecular complexity index is 407. The Morgan fingerprint density at radius 1 is 1.28 bits per heavy atom. The van der Waals surface area contributed by atoms with Gasteiger partial charge in [-0.2, -0.15) is 0 Å². The van der Waals surface area contributed by atoms with Gasteiger partial charge in [0.25, 0.3) is 0 Å². The summed E-state index contributed by atoms with van der Waals surface area (Å²) >= 11 is 6.10. The minimum Gasteiger partial charge on any atom is -0.495 e. The van der Waals surface area contributed by atoms with Crippen LogP contribution in [0.25, 0.3) is 0 Å². The summed E-state index contributed by atoms with van der Waals surface area (Å²) in [7, 11) is 1.58. The van der Waals surface area contributed by atoms with Crippen LogP contribution in [0.3, 0.4) is 0 Å². The maximum atomic E-state index is 10.3. The fourth-order valence-electron chi connectivity index (χ4n) is 2.03. The summed E-state index contributed by atoms with van der Waals surface area (Å²) in [5.41, 5.74) is 1.81. The highest BCUT2D eigenvalue weighted by Gasteiger charge is 2.20. The largest absolute Gasteiger partial charge is 0.495 e. The molecule has 0 heterocycles. The number of benzene rings is 1. The first-order valence-corrected chi connectivity index (χ1v) is 6.52. The molecule has 1 aromatic rings. The Morgan fingerprint density at radius 3 is 2.39 bits per heavy atom. The third-order valence-corrected chi connectivity index (χ3v) is 3.22. The van der Waals surface area contributed by atoms with Gasteiger partial charge >= 0.3 is 0 Å². The molecule has 0 amide bonds. The number of hydrogen-bond donors (Lipinski definition) is 2. The number of aryl methyl sites for hydroxylation is 1. The Hall–Kier alpha value is -0.770. The molecule has 0 saturated carbocycles. The lowest BCUT2D eigenvalue weighted by Crippen LogP contribution is -2.37. The van der Waals surface area contributed by atoms with Crippen LogP contribution in [0.5, 0.6) is 5.75 Å². The molecule has 1 aromatic carbocycles. The number of ether oxygens (including phenoxy) is 1. The van der Waals surface area contributed by atoms with Crippen molar-refractivity contribution in [3.63, 3.8) is 0 Å². The summed E-state index contributed by atoms with van der Waals surface area (Å²) in [4.78, 5) is 0. The molecule has 0 bridgehead atoms. The maximum absolute atomic E-state index is 10.3. The maximum Gasteiger partial charge on any atom is 0.137 e. The number of aliphatic hydroxyl groups is 1. The number of rotatable bonds is 5. The number of nitrogens with one attached hydrogen (secondary N) is 1. The summed E-state index contributed by atoms with van der Waals surface area (Å²) in [6, 6.07) is 3.92. The van der Waals surface area contributed by atoms with Gasteiger partial charge in [-0.15, -0.1) is 0 Å². The molecule has 0 fully saturated rings. The van der Waals surface area contributed by atoms with Crippen LogP contribution in [0.4, 0.5) is 0 Å². The Balaban J connectivity index is 2.98. The van der Waals surface area contributed by atoms with Crippen LogP contribution in [0.15, 0.2) is 12.1 Å². The number of methoxy groups -OCH3 is 1. The molecule has 2 N–H and O–H groups in total. The lowest BCUT2D eigenvalue weighted by atomic mass is 9.98. The van der Waals surface area contributed by atoms with E-state index in [9.17, 15) is 5.11 Å². The minimum atomic E-state index is -0.587. The quantitative estimate of drug-likeness (QED) is 0.865. The molecule has 2 atom stereocenters. The second kappa shape index (κ2) is 6.41. The molecule has 1 rings (SSSR count). The van der Waals surface area contributed by atoms with Gasteiger partial charge in [0.15, 0.2) is 0 Å². The van der Waals surface area contributed by atoms with Crippen molar-refractivity contribution in [3.8, 4) is 5.75 Å². The zero-order valence-electron chi connectivity index (χ0n) is 11.6. The van der Waals surface area contributed by atoms with E-state index in [1.165, 1.54) is 0 Å². The lowest BCUT2D eigenvalue weighted by molar-refractivity contribution is 0.131. The van der Waals surface area contributed by atoms with Crippen molar-refractivity contribution in [3.05, 3.63) is 28.3 Å². The highest BCUT2D eigenvalue weighted by atomic mass is 35.5. The summed E-state index contributed by atoms with van der Waals surface area (Å²) in [5, 5.41) is 14.2. The van der Waals surface area contributed by atoms with Crippen LogP contribution in [0.2, 0.25) is 5.02 Å². The molecule has 0 aliphatic rings. The topological polar surface area (TPSA) is 41.5 Å². The van der Waals surface area contributed by atoms with E-state index in [0.29, 0.717) is 16.8 Å². The van der Waals surface area contributed by atoms with Crippen molar-refractivity contribution >= 4 is 11.6 Å². The standard InChI is InChI=1S/C14H22ClNO2/c1-8(2)16-10(4)14(17)11-7-12(15)13(18-5)6-9(11)3/h6-8,10,14,16-17H,1-5H3. The van der Waals surface area contributed by atoms with Crippen molar-refractivity contribution in [2.45, 2.75) is 45.9 Å². The molecule has 18 heavy (non-hydrogen) atoms. The van der Waals surface area contributed by atoms with E-state index >= 15 is 0 Å². The predicted octanol–water partition coefficient (Wildman–Crippen LogP) is 3.08. The third kappa shape index (κ3) is 3.61. The van der Waals surface area contributed by atoms with Crippen LogP contribution in [0, 0.1) is 6.92 Å². The molecule has 0 aliphatic heterocycles. The average molecular weight is 272 g/mol. The second-order valence-corrected chi connectivity index (χ2v) is 5.31. The van der Waals surface area contributed by atoms with E-state index in [0.717, 1.165) is 11.1 Å². The van der Waals surface area contributed by atoms with Gasteiger partial charge in [-0.1, -0.05) is 25.4 Å². The highest BCUT2D eigenvalue weighted by molar-refractivity contribution is 6.32. The Kier molecular flexibility index (Phi) is 5.45. The fraction of sp³-hybridized carbons (Fsp3) is 0.571. The zero-order chi connectivity index (χ0) is 13.9. The normalized spacial score (nSPS) is 14.7. The molecule has 102 valence electrons. The van der Waals surface area contributed by atoms with Crippen molar-refractivity contribution in [1.82, 2.24) is 5.32 Å². The average Bonchev–Trinajstić information content (AvgIpc) is 2.29. The lowest BCUT2D eigenvalue weighted by Gasteiger charge is -2.24. The van der Waals surface area contributed by atoms with Crippen molar-refractivity contribution in [2.24, 2.45) is 0 Å². The SMILES string of the molecule is COc1cc(C)c(C(O)C(C)NC(C)C)cc1Cl. The van der Waals surface area contributed by atoms with Gasteiger partial charge in [-0.05, 0) is 37.1 Å². The molecule has 4 heteroatoms. The van der Waals surface area contributed by atoms with Crippen LogP contribution >= 0.6 is 11.6 Å². The summed E-state index contributed by atoms with van der Waals surface area (Å²) in [6.45, 7) is 8.01. The van der Waals surface area contributed by atoms with Gasteiger partial charge in [0.2, 0.25) is 0 Å². The van der Waals surface area contributed by atoms with Gasteiger partial charge in [0.05, 0.1) is 18.2 Å². The van der Waals surface area contributed by atoms with Gasteiger partial charge < -0.3 is 15.2 Å². The molecule has 0 spiro atoms. The smallest absolute Gasteiger partial charge is 0.137 e. The summed E-state index contributed by atoms with van der Waals surface area (Å²) in [6.07, 6.45) is -0.587. The molecule has 0 radical (unpaired) electrons. The number of hydrogen-bond acceptors (Lipinski definition) is 3. The van der Waals surface area contributed by atoms with E-state index in [-0.39, 0.29) is 6.04 Å². The second-order valence-electron chi connectivity index (χ2n) is 4.90. The first kappa shape index (κ1) is 15.3. The highest BCUT2D eigenvalue weighted by Crippen LogP contribution is 2.31. The number of aliphatic hydroxyl groups excluding tert-OH is 1. The van der Waals surface area contributed by atoms with Gasteiger partial charge in [-0.3, -0.25) is 0 Å². The zero-order valence-corrected chi connectivity index (χ0v) is 12.4. The van der Waals surface area contributed by atoms with E-state index in [1.54, 1.807) is 13.2 Å². The number of halogens is 1. The van der Waals surface area contributed by atoms with Crippen LogP contribution in [-0.4, -0.2) is 24.3 Å². The summed E-state index contributed by atoms with van der Waals surface area (Å²) in [5.74, 6) is 0.634. The molecule has 2 unspecified atom stereocenters. The molecular formula is C14H22ClNO2. The van der Waals surface area contributed by atoms with E-state index in [1.807, 2.05) is 19.9 Å². The monoisotopic (exact) mass is 271 g/mol. The van der Waals surface area contributed by atoms with Crippen LogP contribution in [0.1, 0.15) is 38.0 Å². The van der Waals surface area contributed by atoms with Gasteiger partial charge in [0.1, 0.15) is 5.75 Å². The van der Waals surface area contributed by atoms with Crippen LogP contribution < -0.4 is 10.1 Å². The molecule has 0 aromatic heterocycles. The van der Waals surface area contributed by atoms with Gasteiger partial charge in [-0.25, -0.2) is 0 Å². The summed E-state index contributed by atoms with van der Waals surface area (Å²) < 4.78 is 5.16. The van der Waals surface area contributed by atoms with E-state index in [4.69, 9.17) is 16.3 Å². The van der Waals surface area contributed by atoms with Crippen LogP contribution in [-0.2, 0) is 0 Å². The molecular weight excluding hydrogens is 250 g/mol. The fourth-order valence-corrected chi connectivity index (χ4v) is 2.28. The third-order valence-electron chi connectivity index (χ3n) is 2.93. The minimum absolute atomic E-state index is 0.0341. The molecule has 3 nitrogen and oxygen atoms in total. The first-order valence-electron chi connectivity index (χ1n) is 6.15. The molecule has 0 saturated heterocycles. The Morgan fingerprint density at radius 2 is 1.89 bits per heavy atom. The van der Waals surface area contributed by atoms with E-state index in [2.05, 4.69) is 19.2 Å². The van der Waals surface area contributed by atoms with Crippen molar-refractivity contribution in [2.75, 3.05) is 7.11 Å². The Labute approximate surface area is 114 Å². The first-order chi connectivity index (χ1) is 8.36. The van der Waals surface area contributed by atoms with Gasteiger partial charge in [0, 0.05) is 12.1 Å². The van der Waals surface area contributed by atoms with E-state index < -0.39 is 6.10 Å². The van der Waals surface area contributed by atoms with Crippen molar-refractivity contribution in [1.29, 1.82) is 0 Å². The molecule has 0 aliphatic carbocycles.